The molecule has 2 unspecified atom stereocenters. The van der Waals surface area contributed by atoms with Crippen molar-refractivity contribution in [2.45, 2.75) is 25.4 Å². The monoisotopic (exact) mass is 171 g/mol. The molecule has 5 heteroatoms. The molecule has 0 aliphatic carbocycles. The predicted molar refractivity (Wildman–Crippen MR) is 43.2 cm³/mol. The molecule has 4 N–H and O–H groups in total. The maximum absolute atomic E-state index is 11.1. The number of hydrogen-bond acceptors (Lipinski definition) is 3. The fourth-order valence-electron chi connectivity index (χ4n) is 1.21. The molecule has 1 rings (SSSR count). The number of rotatable bonds is 2. The van der Waals surface area contributed by atoms with Crippen LogP contribution in [0.3, 0.4) is 0 Å². The molecule has 2 amide bonds. The Morgan fingerprint density at radius 2 is 2.42 bits per heavy atom. The molecule has 5 nitrogen and oxygen atoms in total. The minimum Gasteiger partial charge on any atom is -0.370 e. The molecule has 0 aromatic rings. The van der Waals surface area contributed by atoms with Gasteiger partial charge in [-0.05, 0) is 6.92 Å². The Morgan fingerprint density at radius 1 is 1.75 bits per heavy atom. The largest absolute Gasteiger partial charge is 0.370 e. The first-order valence-electron chi connectivity index (χ1n) is 3.91. The van der Waals surface area contributed by atoms with Crippen molar-refractivity contribution in [1.29, 1.82) is 0 Å². The average Bonchev–Trinajstić information content (AvgIpc) is 1.96. The number of carbonyl (C=O) groups excluding carboxylic acids is 2. The molecular weight excluding hydrogens is 158 g/mol. The van der Waals surface area contributed by atoms with E-state index in [0.29, 0.717) is 6.54 Å². The van der Waals surface area contributed by atoms with Gasteiger partial charge in [0.2, 0.25) is 11.8 Å². The number of piperazine rings is 1. The first kappa shape index (κ1) is 8.99. The zero-order valence-corrected chi connectivity index (χ0v) is 6.96. The van der Waals surface area contributed by atoms with Gasteiger partial charge >= 0.3 is 0 Å². The van der Waals surface area contributed by atoms with Crippen LogP contribution in [0.1, 0.15) is 13.3 Å². The summed E-state index contributed by atoms with van der Waals surface area (Å²) in [5.41, 5.74) is 4.97. The van der Waals surface area contributed by atoms with Crippen LogP contribution in [-0.4, -0.2) is 30.4 Å². The molecule has 2 atom stereocenters. The van der Waals surface area contributed by atoms with Crippen LogP contribution in [-0.2, 0) is 9.59 Å². The molecule has 1 aliphatic rings. The van der Waals surface area contributed by atoms with Crippen LogP contribution in [0.25, 0.3) is 0 Å². The van der Waals surface area contributed by atoms with Crippen LogP contribution < -0.4 is 16.4 Å². The lowest BCUT2D eigenvalue weighted by molar-refractivity contribution is -0.128. The highest BCUT2D eigenvalue weighted by molar-refractivity contribution is 5.88. The summed E-state index contributed by atoms with van der Waals surface area (Å²) in [7, 11) is 0. The second kappa shape index (κ2) is 3.53. The van der Waals surface area contributed by atoms with Gasteiger partial charge in [-0.15, -0.1) is 0 Å². The third kappa shape index (κ3) is 2.20. The molecule has 0 spiro atoms. The minimum absolute atomic E-state index is 0.0656. The molecule has 0 saturated carbocycles. The highest BCUT2D eigenvalue weighted by atomic mass is 16.2. The van der Waals surface area contributed by atoms with Crippen molar-refractivity contribution in [3.63, 3.8) is 0 Å². The lowest BCUT2D eigenvalue weighted by Crippen LogP contribution is -2.58. The molecular formula is C7H13N3O2. The van der Waals surface area contributed by atoms with Crippen molar-refractivity contribution in [3.05, 3.63) is 0 Å². The first-order chi connectivity index (χ1) is 5.59. The fourth-order valence-corrected chi connectivity index (χ4v) is 1.21. The quantitative estimate of drug-likeness (QED) is 0.465. The summed E-state index contributed by atoms with van der Waals surface area (Å²) in [5, 5.41) is 5.66. The minimum atomic E-state index is -0.461. The first-order valence-corrected chi connectivity index (χ1v) is 3.91. The van der Waals surface area contributed by atoms with E-state index in [4.69, 9.17) is 5.73 Å². The van der Waals surface area contributed by atoms with E-state index < -0.39 is 11.9 Å². The highest BCUT2D eigenvalue weighted by Crippen LogP contribution is 1.98. The second-order valence-corrected chi connectivity index (χ2v) is 3.04. The molecule has 12 heavy (non-hydrogen) atoms. The summed E-state index contributed by atoms with van der Waals surface area (Å²) in [6, 6.07) is -0.252. The van der Waals surface area contributed by atoms with Gasteiger partial charge in [-0.3, -0.25) is 9.59 Å². The van der Waals surface area contributed by atoms with Crippen molar-refractivity contribution in [1.82, 2.24) is 10.6 Å². The Balaban J connectivity index is 2.49. The molecule has 0 bridgehead atoms. The summed E-state index contributed by atoms with van der Waals surface area (Å²) >= 11 is 0. The summed E-state index contributed by atoms with van der Waals surface area (Å²) in [6.45, 7) is 2.54. The Bertz CT molecular complexity index is 205. The van der Waals surface area contributed by atoms with E-state index in [1.807, 2.05) is 6.92 Å². The smallest absolute Gasteiger partial charge is 0.237 e. The lowest BCUT2D eigenvalue weighted by atomic mass is 10.1. The zero-order valence-electron chi connectivity index (χ0n) is 6.96. The van der Waals surface area contributed by atoms with Crippen LogP contribution >= 0.6 is 0 Å². The average molecular weight is 171 g/mol. The van der Waals surface area contributed by atoms with E-state index in [-0.39, 0.29) is 18.4 Å². The third-order valence-electron chi connectivity index (χ3n) is 1.79. The van der Waals surface area contributed by atoms with E-state index in [9.17, 15) is 9.59 Å². The van der Waals surface area contributed by atoms with E-state index >= 15 is 0 Å². The van der Waals surface area contributed by atoms with Gasteiger partial charge in [0.15, 0.2) is 0 Å². The number of carbonyl (C=O) groups is 2. The van der Waals surface area contributed by atoms with Gasteiger partial charge in [-0.2, -0.15) is 0 Å². The molecule has 0 radical (unpaired) electrons. The van der Waals surface area contributed by atoms with E-state index in [2.05, 4.69) is 10.6 Å². The van der Waals surface area contributed by atoms with Gasteiger partial charge in [0, 0.05) is 12.6 Å². The van der Waals surface area contributed by atoms with Crippen LogP contribution in [0.4, 0.5) is 0 Å². The zero-order chi connectivity index (χ0) is 9.14. The molecule has 1 aliphatic heterocycles. The predicted octanol–water partition coefficient (Wildman–Crippen LogP) is -1.66. The van der Waals surface area contributed by atoms with E-state index in [1.54, 1.807) is 0 Å². The summed E-state index contributed by atoms with van der Waals surface area (Å²) in [6.07, 6.45) is 0.0656. The normalized spacial score (nSPS) is 29.6. The topological polar surface area (TPSA) is 84.2 Å². The molecule has 0 aromatic heterocycles. The van der Waals surface area contributed by atoms with E-state index in [1.165, 1.54) is 0 Å². The standard InChI is InChI=1S/C7H13N3O2/c1-4-3-9-7(12)5(10-4)2-6(8)11/h4-5,10H,2-3H2,1H3,(H2,8,11)(H,9,12). The Hall–Kier alpha value is -1.10. The van der Waals surface area contributed by atoms with Crippen LogP contribution in [0, 0.1) is 0 Å². The maximum atomic E-state index is 11.1. The van der Waals surface area contributed by atoms with Gasteiger partial charge in [0.25, 0.3) is 0 Å². The fraction of sp³-hybridized carbons (Fsp3) is 0.714. The van der Waals surface area contributed by atoms with Gasteiger partial charge < -0.3 is 16.4 Å². The number of nitrogens with one attached hydrogen (secondary N) is 2. The van der Waals surface area contributed by atoms with Crippen LogP contribution in [0.15, 0.2) is 0 Å². The molecule has 68 valence electrons. The van der Waals surface area contributed by atoms with Crippen LogP contribution in [0.5, 0.6) is 0 Å². The summed E-state index contributed by atoms with van der Waals surface area (Å²) in [4.78, 5) is 21.6. The number of nitrogens with two attached hydrogens (primary N) is 1. The molecule has 1 heterocycles. The molecule has 1 saturated heterocycles. The Kier molecular flexibility index (Phi) is 2.65. The maximum Gasteiger partial charge on any atom is 0.237 e. The van der Waals surface area contributed by atoms with Crippen molar-refractivity contribution >= 4 is 11.8 Å². The van der Waals surface area contributed by atoms with Gasteiger partial charge in [-0.1, -0.05) is 0 Å². The second-order valence-electron chi connectivity index (χ2n) is 3.04. The SMILES string of the molecule is CC1CNC(=O)C(CC(N)=O)N1. The third-order valence-corrected chi connectivity index (χ3v) is 1.79. The number of hydrogen-bond donors (Lipinski definition) is 3. The van der Waals surface area contributed by atoms with Crippen LogP contribution in [0.2, 0.25) is 0 Å². The van der Waals surface area contributed by atoms with Crippen molar-refractivity contribution in [2.24, 2.45) is 5.73 Å². The van der Waals surface area contributed by atoms with Crippen molar-refractivity contribution in [2.75, 3.05) is 6.54 Å². The summed E-state index contributed by atoms with van der Waals surface area (Å²) in [5.74, 6) is -0.608. The lowest BCUT2D eigenvalue weighted by Gasteiger charge is -2.27. The summed E-state index contributed by atoms with van der Waals surface area (Å²) < 4.78 is 0. The Labute approximate surface area is 70.7 Å². The Morgan fingerprint density at radius 3 is 3.00 bits per heavy atom. The highest BCUT2D eigenvalue weighted by Gasteiger charge is 2.26. The van der Waals surface area contributed by atoms with Gasteiger partial charge in [0.1, 0.15) is 0 Å². The molecule has 1 fully saturated rings. The van der Waals surface area contributed by atoms with Gasteiger partial charge in [0.05, 0.1) is 12.5 Å². The van der Waals surface area contributed by atoms with Crippen molar-refractivity contribution in [3.8, 4) is 0 Å². The number of amides is 2. The van der Waals surface area contributed by atoms with Crippen molar-refractivity contribution < 1.29 is 9.59 Å². The number of primary amides is 1. The van der Waals surface area contributed by atoms with E-state index in [0.717, 1.165) is 0 Å². The van der Waals surface area contributed by atoms with Gasteiger partial charge in [-0.25, -0.2) is 0 Å². The molecule has 0 aromatic carbocycles.